The number of phenolic OH excluding ortho intramolecular Hbond substituents is 1. The van der Waals surface area contributed by atoms with Crippen molar-refractivity contribution >= 4 is 11.9 Å². The van der Waals surface area contributed by atoms with Gasteiger partial charge in [0.25, 0.3) is 0 Å². The number of benzene rings is 1. The highest BCUT2D eigenvalue weighted by atomic mass is 16.4. The number of carboxylic acids is 1. The molecule has 5 heteroatoms. The molecule has 0 heterocycles. The molecule has 0 saturated carbocycles. The third-order valence-corrected chi connectivity index (χ3v) is 1.78. The summed E-state index contributed by atoms with van der Waals surface area (Å²) in [5.41, 5.74) is 4.91. The van der Waals surface area contributed by atoms with E-state index in [4.69, 9.17) is 10.8 Å². The lowest BCUT2D eigenvalue weighted by molar-refractivity contribution is -0.142. The first-order chi connectivity index (χ1) is 6.54. The largest absolute Gasteiger partial charge is 0.508 e. The van der Waals surface area contributed by atoms with Gasteiger partial charge in [0.2, 0.25) is 5.91 Å². The Balaban J connectivity index is 3.18. The summed E-state index contributed by atoms with van der Waals surface area (Å²) in [4.78, 5) is 21.5. The molecule has 0 aliphatic heterocycles. The molecule has 0 saturated heterocycles. The molecule has 1 unspecified atom stereocenters. The number of primary amides is 1. The molecule has 0 aromatic heterocycles. The highest BCUT2D eigenvalue weighted by Gasteiger charge is 2.27. The van der Waals surface area contributed by atoms with Gasteiger partial charge in [-0.15, -0.1) is 0 Å². The first-order valence-corrected chi connectivity index (χ1v) is 3.84. The van der Waals surface area contributed by atoms with Crippen LogP contribution in [0.15, 0.2) is 24.3 Å². The maximum atomic E-state index is 10.8. The van der Waals surface area contributed by atoms with E-state index in [1.165, 1.54) is 24.3 Å². The van der Waals surface area contributed by atoms with Gasteiger partial charge in [-0.1, -0.05) is 18.2 Å². The molecule has 1 aromatic carbocycles. The van der Waals surface area contributed by atoms with E-state index in [2.05, 4.69) is 0 Å². The van der Waals surface area contributed by atoms with E-state index in [-0.39, 0.29) is 11.3 Å². The lowest BCUT2D eigenvalue weighted by Crippen LogP contribution is -2.28. The number of aliphatic carboxylic acids is 1. The van der Waals surface area contributed by atoms with Gasteiger partial charge in [0.1, 0.15) is 5.75 Å². The quantitative estimate of drug-likeness (QED) is 0.593. The number of aromatic hydroxyl groups is 1. The lowest BCUT2D eigenvalue weighted by Gasteiger charge is -2.09. The molecule has 1 rings (SSSR count). The molecular formula is C9H9NO4. The Kier molecular flexibility index (Phi) is 2.71. The summed E-state index contributed by atoms with van der Waals surface area (Å²) in [5.74, 6) is -4.13. The van der Waals surface area contributed by atoms with Crippen LogP contribution in [0, 0.1) is 0 Å². The molecule has 1 amide bonds. The number of amides is 1. The summed E-state index contributed by atoms with van der Waals surface area (Å²) in [6.45, 7) is 0. The smallest absolute Gasteiger partial charge is 0.320 e. The van der Waals surface area contributed by atoms with E-state index < -0.39 is 17.8 Å². The van der Waals surface area contributed by atoms with Crippen molar-refractivity contribution in [1.82, 2.24) is 0 Å². The fraction of sp³-hybridized carbons (Fsp3) is 0.111. The minimum absolute atomic E-state index is 0.00694. The van der Waals surface area contributed by atoms with Crippen molar-refractivity contribution < 1.29 is 19.8 Å². The van der Waals surface area contributed by atoms with Crippen LogP contribution in [0.4, 0.5) is 0 Å². The summed E-state index contributed by atoms with van der Waals surface area (Å²) >= 11 is 0. The Hall–Kier alpha value is -2.04. The van der Waals surface area contributed by atoms with E-state index in [1.54, 1.807) is 0 Å². The van der Waals surface area contributed by atoms with Gasteiger partial charge in [0, 0.05) is 5.56 Å². The van der Waals surface area contributed by atoms with Crippen LogP contribution in [0.25, 0.3) is 0 Å². The van der Waals surface area contributed by atoms with Gasteiger partial charge in [-0.2, -0.15) is 0 Å². The maximum absolute atomic E-state index is 10.8. The van der Waals surface area contributed by atoms with Crippen LogP contribution < -0.4 is 5.73 Å². The fourth-order valence-electron chi connectivity index (χ4n) is 1.14. The molecule has 0 bridgehead atoms. The Morgan fingerprint density at radius 2 is 1.86 bits per heavy atom. The number of hydrogen-bond donors (Lipinski definition) is 3. The van der Waals surface area contributed by atoms with E-state index in [0.29, 0.717) is 0 Å². The summed E-state index contributed by atoms with van der Waals surface area (Å²) in [7, 11) is 0. The third kappa shape index (κ3) is 1.82. The zero-order valence-corrected chi connectivity index (χ0v) is 7.18. The number of rotatable bonds is 3. The normalized spacial score (nSPS) is 12.0. The highest BCUT2D eigenvalue weighted by molar-refractivity contribution is 6.02. The van der Waals surface area contributed by atoms with Gasteiger partial charge in [-0.3, -0.25) is 9.59 Å². The summed E-state index contributed by atoms with van der Waals surface area (Å²) in [6, 6.07) is 5.69. The Morgan fingerprint density at radius 1 is 1.29 bits per heavy atom. The van der Waals surface area contributed by atoms with E-state index in [0.717, 1.165) is 0 Å². The summed E-state index contributed by atoms with van der Waals surface area (Å²) in [6.07, 6.45) is 0. The summed E-state index contributed by atoms with van der Waals surface area (Å²) < 4.78 is 0. The van der Waals surface area contributed by atoms with Crippen LogP contribution >= 0.6 is 0 Å². The number of carbonyl (C=O) groups excluding carboxylic acids is 1. The standard InChI is InChI=1S/C9H9NO4/c10-8(12)7(9(13)14)5-3-1-2-4-6(5)11/h1-4,7,11H,(H2,10,12)(H,13,14). The van der Waals surface area contributed by atoms with Crippen molar-refractivity contribution in [2.24, 2.45) is 5.73 Å². The van der Waals surface area contributed by atoms with Crippen LogP contribution in [0.1, 0.15) is 11.5 Å². The van der Waals surface area contributed by atoms with Crippen molar-refractivity contribution in [3.05, 3.63) is 29.8 Å². The fourth-order valence-corrected chi connectivity index (χ4v) is 1.14. The third-order valence-electron chi connectivity index (χ3n) is 1.78. The van der Waals surface area contributed by atoms with E-state index >= 15 is 0 Å². The molecule has 0 radical (unpaired) electrons. The minimum Gasteiger partial charge on any atom is -0.508 e. The molecule has 0 fully saturated rings. The second-order valence-electron chi connectivity index (χ2n) is 2.73. The molecule has 0 spiro atoms. The molecule has 0 aliphatic rings. The van der Waals surface area contributed by atoms with Gasteiger partial charge in [0.05, 0.1) is 0 Å². The van der Waals surface area contributed by atoms with Crippen LogP contribution in [-0.2, 0) is 9.59 Å². The maximum Gasteiger partial charge on any atom is 0.320 e. The molecule has 1 atom stereocenters. The first-order valence-electron chi connectivity index (χ1n) is 3.84. The second-order valence-corrected chi connectivity index (χ2v) is 2.73. The van der Waals surface area contributed by atoms with Gasteiger partial charge in [0.15, 0.2) is 5.92 Å². The molecule has 4 N–H and O–H groups in total. The zero-order valence-electron chi connectivity index (χ0n) is 7.18. The van der Waals surface area contributed by atoms with Crippen LogP contribution in [0.5, 0.6) is 5.75 Å². The Labute approximate surface area is 79.8 Å². The molecule has 5 nitrogen and oxygen atoms in total. The highest BCUT2D eigenvalue weighted by Crippen LogP contribution is 2.25. The molecular weight excluding hydrogens is 186 g/mol. The van der Waals surface area contributed by atoms with Crippen LogP contribution in [-0.4, -0.2) is 22.1 Å². The van der Waals surface area contributed by atoms with Gasteiger partial charge >= 0.3 is 5.97 Å². The average molecular weight is 195 g/mol. The number of hydrogen-bond acceptors (Lipinski definition) is 3. The monoisotopic (exact) mass is 195 g/mol. The predicted octanol–water partition coefficient (Wildman–Crippen LogP) is 0.0457. The van der Waals surface area contributed by atoms with Crippen molar-refractivity contribution in [2.75, 3.05) is 0 Å². The Morgan fingerprint density at radius 3 is 2.29 bits per heavy atom. The number of carboxylic acid groups (broad SMARTS) is 1. The van der Waals surface area contributed by atoms with Crippen molar-refractivity contribution in [1.29, 1.82) is 0 Å². The topological polar surface area (TPSA) is 101 Å². The predicted molar refractivity (Wildman–Crippen MR) is 47.7 cm³/mol. The van der Waals surface area contributed by atoms with Gasteiger partial charge < -0.3 is 15.9 Å². The molecule has 1 aromatic rings. The Bertz CT molecular complexity index is 361. The minimum atomic E-state index is -1.50. The number of phenols is 1. The zero-order chi connectivity index (χ0) is 10.7. The number of carbonyl (C=O) groups is 2. The molecule has 0 aliphatic carbocycles. The van der Waals surface area contributed by atoms with Crippen molar-refractivity contribution in [2.45, 2.75) is 5.92 Å². The van der Waals surface area contributed by atoms with Crippen LogP contribution in [0.3, 0.4) is 0 Å². The number of para-hydroxylation sites is 1. The average Bonchev–Trinajstić information content (AvgIpc) is 2.07. The molecule has 74 valence electrons. The lowest BCUT2D eigenvalue weighted by atomic mass is 9.98. The SMILES string of the molecule is NC(=O)C(C(=O)O)c1ccccc1O. The van der Waals surface area contributed by atoms with E-state index in [9.17, 15) is 14.7 Å². The number of nitrogens with two attached hydrogens (primary N) is 1. The molecule has 14 heavy (non-hydrogen) atoms. The van der Waals surface area contributed by atoms with Gasteiger partial charge in [-0.25, -0.2) is 0 Å². The first kappa shape index (κ1) is 10.0. The second kappa shape index (κ2) is 3.78. The van der Waals surface area contributed by atoms with Crippen molar-refractivity contribution in [3.63, 3.8) is 0 Å². The van der Waals surface area contributed by atoms with E-state index in [1.807, 2.05) is 0 Å². The van der Waals surface area contributed by atoms with Crippen LogP contribution in [0.2, 0.25) is 0 Å². The van der Waals surface area contributed by atoms with Crippen molar-refractivity contribution in [3.8, 4) is 5.75 Å². The summed E-state index contributed by atoms with van der Waals surface area (Å²) in [5, 5.41) is 18.0. The van der Waals surface area contributed by atoms with Gasteiger partial charge in [-0.05, 0) is 6.07 Å².